The molecule has 1 aromatic rings. The summed E-state index contributed by atoms with van der Waals surface area (Å²) in [5.41, 5.74) is 0. The van der Waals surface area contributed by atoms with E-state index in [4.69, 9.17) is 0 Å². The highest BCUT2D eigenvalue weighted by Crippen LogP contribution is 2.29. The van der Waals surface area contributed by atoms with Crippen LogP contribution < -0.4 is 4.72 Å². The molecule has 3 nitrogen and oxygen atoms in total. The zero-order valence-corrected chi connectivity index (χ0v) is 14.5. The van der Waals surface area contributed by atoms with Crippen LogP contribution in [0.2, 0.25) is 0 Å². The smallest absolute Gasteiger partial charge is 0.211 e. The van der Waals surface area contributed by atoms with Crippen molar-refractivity contribution in [2.75, 3.05) is 6.54 Å². The Balaban J connectivity index is 2.01. The van der Waals surface area contributed by atoms with Gasteiger partial charge in [0.25, 0.3) is 0 Å². The molecule has 1 N–H and O–H groups in total. The van der Waals surface area contributed by atoms with Crippen molar-refractivity contribution in [3.63, 3.8) is 0 Å². The van der Waals surface area contributed by atoms with Crippen LogP contribution in [-0.4, -0.2) is 19.8 Å². The summed E-state index contributed by atoms with van der Waals surface area (Å²) >= 11 is 6.94. The van der Waals surface area contributed by atoms with Crippen LogP contribution in [0.15, 0.2) is 33.6 Å². The average Bonchev–Trinajstić information content (AvgIpc) is 2.38. The topological polar surface area (TPSA) is 46.2 Å². The fourth-order valence-corrected chi connectivity index (χ4v) is 4.79. The number of alkyl halides is 1. The second-order valence-corrected chi connectivity index (χ2v) is 8.73. The maximum Gasteiger partial charge on any atom is 0.240 e. The lowest BCUT2D eigenvalue weighted by Gasteiger charge is -2.27. The first-order valence-electron chi connectivity index (χ1n) is 6.38. The molecule has 1 aliphatic carbocycles. The van der Waals surface area contributed by atoms with E-state index in [9.17, 15) is 8.42 Å². The number of rotatable bonds is 4. The maximum absolute atomic E-state index is 12.2. The summed E-state index contributed by atoms with van der Waals surface area (Å²) < 4.78 is 27.9. The fraction of sp³-hybridized carbons (Fsp3) is 0.538. The quantitative estimate of drug-likeness (QED) is 0.769. The van der Waals surface area contributed by atoms with Gasteiger partial charge in [0.2, 0.25) is 10.0 Å². The fourth-order valence-electron chi connectivity index (χ4n) is 2.33. The summed E-state index contributed by atoms with van der Waals surface area (Å²) in [7, 11) is -3.41. The third-order valence-electron chi connectivity index (χ3n) is 3.46. The Bertz CT molecular complexity index is 533. The van der Waals surface area contributed by atoms with Crippen LogP contribution in [-0.2, 0) is 10.0 Å². The zero-order chi connectivity index (χ0) is 13.9. The van der Waals surface area contributed by atoms with E-state index in [0.29, 0.717) is 22.2 Å². The number of hydrogen-bond donors (Lipinski definition) is 1. The Labute approximate surface area is 131 Å². The van der Waals surface area contributed by atoms with Crippen LogP contribution in [0.3, 0.4) is 0 Å². The summed E-state index contributed by atoms with van der Waals surface area (Å²) in [6.07, 6.45) is 4.62. The van der Waals surface area contributed by atoms with E-state index in [-0.39, 0.29) is 0 Å². The number of sulfonamides is 1. The summed E-state index contributed by atoms with van der Waals surface area (Å²) in [6, 6.07) is 6.77. The highest BCUT2D eigenvalue weighted by Gasteiger charge is 2.24. The van der Waals surface area contributed by atoms with Crippen LogP contribution in [0.4, 0.5) is 0 Å². The molecule has 0 bridgehead atoms. The molecule has 0 aliphatic heterocycles. The normalized spacial score (nSPS) is 24.3. The Morgan fingerprint density at radius 2 is 2.00 bits per heavy atom. The molecule has 0 radical (unpaired) electrons. The molecule has 0 saturated heterocycles. The monoisotopic (exact) mass is 409 g/mol. The van der Waals surface area contributed by atoms with Gasteiger partial charge in [0, 0.05) is 15.8 Å². The van der Waals surface area contributed by atoms with Crippen LogP contribution in [0.1, 0.15) is 25.7 Å². The van der Waals surface area contributed by atoms with Gasteiger partial charge >= 0.3 is 0 Å². The van der Waals surface area contributed by atoms with E-state index in [2.05, 4.69) is 36.6 Å². The molecule has 1 aromatic carbocycles. The molecule has 2 rings (SSSR count). The van der Waals surface area contributed by atoms with Crippen molar-refractivity contribution in [1.82, 2.24) is 4.72 Å². The average molecular weight is 411 g/mol. The summed E-state index contributed by atoms with van der Waals surface area (Å²) in [6.45, 7) is 0.505. The van der Waals surface area contributed by atoms with Crippen molar-refractivity contribution in [3.8, 4) is 0 Å². The molecule has 2 unspecified atom stereocenters. The van der Waals surface area contributed by atoms with E-state index < -0.39 is 10.0 Å². The largest absolute Gasteiger partial charge is 0.240 e. The van der Waals surface area contributed by atoms with Crippen molar-refractivity contribution < 1.29 is 8.42 Å². The van der Waals surface area contributed by atoms with Gasteiger partial charge in [-0.25, -0.2) is 13.1 Å². The summed E-state index contributed by atoms with van der Waals surface area (Å²) in [4.78, 5) is 0.732. The van der Waals surface area contributed by atoms with Crippen LogP contribution in [0.25, 0.3) is 0 Å². The van der Waals surface area contributed by atoms with E-state index in [1.54, 1.807) is 18.2 Å². The van der Waals surface area contributed by atoms with E-state index in [1.807, 2.05) is 6.07 Å². The van der Waals surface area contributed by atoms with Gasteiger partial charge in [0.05, 0.1) is 4.90 Å². The predicted molar refractivity (Wildman–Crippen MR) is 84.0 cm³/mol. The van der Waals surface area contributed by atoms with Gasteiger partial charge in [0.1, 0.15) is 0 Å². The molecular formula is C13H17Br2NO2S. The van der Waals surface area contributed by atoms with Gasteiger partial charge in [-0.3, -0.25) is 0 Å². The molecule has 0 aromatic heterocycles. The minimum atomic E-state index is -3.41. The SMILES string of the molecule is O=S(=O)(NCC1CCCCC1Br)c1cccc(Br)c1. The predicted octanol–water partition coefficient (Wildman–Crippen LogP) is 3.68. The van der Waals surface area contributed by atoms with Gasteiger partial charge in [-0.15, -0.1) is 0 Å². The van der Waals surface area contributed by atoms with Crippen molar-refractivity contribution in [2.24, 2.45) is 5.92 Å². The van der Waals surface area contributed by atoms with Crippen LogP contribution >= 0.6 is 31.9 Å². The lowest BCUT2D eigenvalue weighted by atomic mass is 9.89. The molecule has 0 amide bonds. The molecule has 19 heavy (non-hydrogen) atoms. The van der Waals surface area contributed by atoms with Crippen LogP contribution in [0, 0.1) is 5.92 Å². The molecule has 1 aliphatic rings. The highest BCUT2D eigenvalue weighted by molar-refractivity contribution is 9.10. The van der Waals surface area contributed by atoms with Gasteiger partial charge in [-0.1, -0.05) is 50.8 Å². The molecule has 106 valence electrons. The Kier molecular flexibility index (Phi) is 5.45. The molecule has 0 spiro atoms. The van der Waals surface area contributed by atoms with E-state index >= 15 is 0 Å². The van der Waals surface area contributed by atoms with Crippen molar-refractivity contribution >= 4 is 41.9 Å². The third-order valence-corrected chi connectivity index (χ3v) is 6.58. The minimum absolute atomic E-state index is 0.309. The zero-order valence-electron chi connectivity index (χ0n) is 10.5. The Hall–Kier alpha value is 0.0900. The number of nitrogens with one attached hydrogen (secondary N) is 1. The van der Waals surface area contributed by atoms with Gasteiger partial charge in [0.15, 0.2) is 0 Å². The van der Waals surface area contributed by atoms with Gasteiger partial charge in [-0.05, 0) is 37.0 Å². The van der Waals surface area contributed by atoms with E-state index in [0.717, 1.165) is 17.3 Å². The van der Waals surface area contributed by atoms with Crippen molar-refractivity contribution in [1.29, 1.82) is 0 Å². The Morgan fingerprint density at radius 3 is 2.68 bits per heavy atom. The summed E-state index contributed by atoms with van der Waals surface area (Å²) in [5, 5.41) is 0. The third kappa shape index (κ3) is 4.28. The molecular weight excluding hydrogens is 394 g/mol. The first-order valence-corrected chi connectivity index (χ1v) is 9.57. The second kappa shape index (κ2) is 6.70. The molecule has 0 heterocycles. The highest BCUT2D eigenvalue weighted by atomic mass is 79.9. The van der Waals surface area contributed by atoms with Crippen LogP contribution in [0.5, 0.6) is 0 Å². The van der Waals surface area contributed by atoms with Gasteiger partial charge < -0.3 is 0 Å². The number of hydrogen-bond acceptors (Lipinski definition) is 2. The molecule has 2 atom stereocenters. The second-order valence-electron chi connectivity index (χ2n) is 4.87. The lowest BCUT2D eigenvalue weighted by molar-refractivity contribution is 0.373. The first kappa shape index (κ1) is 15.5. The van der Waals surface area contributed by atoms with Crippen molar-refractivity contribution in [3.05, 3.63) is 28.7 Å². The standard InChI is InChI=1S/C13H17Br2NO2S/c14-11-5-3-6-12(8-11)19(17,18)16-9-10-4-1-2-7-13(10)15/h3,5-6,8,10,13,16H,1-2,4,7,9H2. The summed E-state index contributed by atoms with van der Waals surface area (Å²) in [5.74, 6) is 0.385. The maximum atomic E-state index is 12.2. The number of benzene rings is 1. The first-order chi connectivity index (χ1) is 8.99. The molecule has 1 fully saturated rings. The van der Waals surface area contributed by atoms with Crippen molar-refractivity contribution in [2.45, 2.75) is 35.4 Å². The van der Waals surface area contributed by atoms with E-state index in [1.165, 1.54) is 12.8 Å². The van der Waals surface area contributed by atoms with Gasteiger partial charge in [-0.2, -0.15) is 0 Å². The Morgan fingerprint density at radius 1 is 1.26 bits per heavy atom. The lowest BCUT2D eigenvalue weighted by Crippen LogP contribution is -2.34. The molecule has 1 saturated carbocycles. The number of halogens is 2. The molecule has 6 heteroatoms. The minimum Gasteiger partial charge on any atom is -0.211 e.